The fraction of sp³-hybridized carbons (Fsp3) is 0.667. The van der Waals surface area contributed by atoms with Gasteiger partial charge in [-0.25, -0.2) is 0 Å². The molecule has 0 saturated carbocycles. The molecule has 4 heteroatoms. The van der Waals surface area contributed by atoms with Gasteiger partial charge in [0.15, 0.2) is 0 Å². The monoisotopic (exact) mass is 222 g/mol. The third-order valence-corrected chi connectivity index (χ3v) is 4.71. The first-order valence-corrected chi connectivity index (χ1v) is 5.46. The fourth-order valence-corrected chi connectivity index (χ4v) is 3.52. The minimum Gasteiger partial charge on any atom is -0.393 e. The molecule has 2 bridgehead atoms. The Hall–Kier alpha value is -1.16. The Bertz CT molecular complexity index is 424. The van der Waals surface area contributed by atoms with E-state index in [0.29, 0.717) is 0 Å². The summed E-state index contributed by atoms with van der Waals surface area (Å²) in [6.07, 6.45) is 0. The number of rotatable bonds is 0. The SMILES string of the molecule is CC1=C(C)[C@@]2(C)O[C@]1(C)C1C(=O)OC(=O)C12. The summed E-state index contributed by atoms with van der Waals surface area (Å²) in [4.78, 5) is 23.4. The highest BCUT2D eigenvalue weighted by atomic mass is 16.6. The van der Waals surface area contributed by atoms with Crippen molar-refractivity contribution in [1.29, 1.82) is 0 Å². The van der Waals surface area contributed by atoms with Crippen molar-refractivity contribution in [3.8, 4) is 0 Å². The summed E-state index contributed by atoms with van der Waals surface area (Å²) in [5.74, 6) is -1.80. The van der Waals surface area contributed by atoms with Crippen LogP contribution in [0.5, 0.6) is 0 Å². The summed E-state index contributed by atoms with van der Waals surface area (Å²) in [6.45, 7) is 7.68. The van der Waals surface area contributed by atoms with Crippen LogP contribution in [0.25, 0.3) is 0 Å². The standard InChI is InChI=1S/C12H14O4/c1-5-6(2)12(4)8-7(11(5,3)16-12)9(13)15-10(8)14/h7-8H,1-4H3/t7?,8?,11-,12+. The highest BCUT2D eigenvalue weighted by Crippen LogP contribution is 2.62. The van der Waals surface area contributed by atoms with E-state index in [-0.39, 0.29) is 0 Å². The van der Waals surface area contributed by atoms with Crippen molar-refractivity contribution in [2.24, 2.45) is 11.8 Å². The summed E-state index contributed by atoms with van der Waals surface area (Å²) in [7, 11) is 0. The van der Waals surface area contributed by atoms with Gasteiger partial charge in [-0.1, -0.05) is 0 Å². The van der Waals surface area contributed by atoms with Crippen molar-refractivity contribution in [3.05, 3.63) is 11.1 Å². The van der Waals surface area contributed by atoms with E-state index in [4.69, 9.17) is 9.47 Å². The van der Waals surface area contributed by atoms with Crippen LogP contribution in [0.15, 0.2) is 11.1 Å². The summed E-state index contributed by atoms with van der Waals surface area (Å²) in [6, 6.07) is 0. The Kier molecular flexibility index (Phi) is 1.50. The summed E-state index contributed by atoms with van der Waals surface area (Å²) < 4.78 is 10.7. The van der Waals surface area contributed by atoms with Crippen LogP contribution < -0.4 is 0 Å². The minimum atomic E-state index is -0.660. The van der Waals surface area contributed by atoms with Crippen molar-refractivity contribution in [1.82, 2.24) is 0 Å². The molecule has 3 aliphatic rings. The molecule has 0 N–H and O–H groups in total. The van der Waals surface area contributed by atoms with E-state index in [0.717, 1.165) is 11.1 Å². The number of hydrogen-bond donors (Lipinski definition) is 0. The number of carbonyl (C=O) groups is 2. The molecule has 0 aromatic heterocycles. The van der Waals surface area contributed by atoms with Gasteiger partial charge in [0, 0.05) is 0 Å². The first kappa shape index (κ1) is 10.0. The van der Waals surface area contributed by atoms with E-state index in [2.05, 4.69) is 0 Å². The molecular weight excluding hydrogens is 208 g/mol. The van der Waals surface area contributed by atoms with E-state index in [1.54, 1.807) is 0 Å². The minimum absolute atomic E-state index is 0.437. The molecule has 0 aromatic rings. The molecule has 4 atom stereocenters. The van der Waals surface area contributed by atoms with E-state index in [9.17, 15) is 9.59 Å². The predicted octanol–water partition coefficient (Wildman–Crippen LogP) is 1.20. The Labute approximate surface area is 93.6 Å². The maximum absolute atomic E-state index is 11.7. The molecule has 2 saturated heterocycles. The number of esters is 2. The van der Waals surface area contributed by atoms with Crippen LogP contribution in [0.2, 0.25) is 0 Å². The number of cyclic esters (lactones) is 2. The average molecular weight is 222 g/mol. The van der Waals surface area contributed by atoms with Crippen LogP contribution in [0, 0.1) is 11.8 Å². The average Bonchev–Trinajstić information content (AvgIpc) is 2.68. The molecule has 3 aliphatic heterocycles. The second kappa shape index (κ2) is 2.40. The van der Waals surface area contributed by atoms with Crippen molar-refractivity contribution in [2.75, 3.05) is 0 Å². The van der Waals surface area contributed by atoms with Crippen LogP contribution in [0.3, 0.4) is 0 Å². The third kappa shape index (κ3) is 0.755. The summed E-state index contributed by atoms with van der Waals surface area (Å²) in [5, 5.41) is 0. The Morgan fingerprint density at radius 2 is 1.31 bits per heavy atom. The zero-order chi connectivity index (χ0) is 11.9. The van der Waals surface area contributed by atoms with Gasteiger partial charge < -0.3 is 9.47 Å². The quantitative estimate of drug-likeness (QED) is 0.351. The van der Waals surface area contributed by atoms with Crippen molar-refractivity contribution < 1.29 is 19.1 Å². The van der Waals surface area contributed by atoms with Gasteiger partial charge in [0.25, 0.3) is 0 Å². The zero-order valence-electron chi connectivity index (χ0n) is 9.79. The van der Waals surface area contributed by atoms with Crippen molar-refractivity contribution >= 4 is 11.9 Å². The third-order valence-electron chi connectivity index (χ3n) is 4.71. The van der Waals surface area contributed by atoms with Crippen LogP contribution in [-0.4, -0.2) is 23.1 Å². The fourth-order valence-electron chi connectivity index (χ4n) is 3.52. The number of carbonyl (C=O) groups excluding carboxylic acids is 2. The summed E-state index contributed by atoms with van der Waals surface area (Å²) in [5.41, 5.74) is 0.797. The molecule has 0 radical (unpaired) electrons. The van der Waals surface area contributed by atoms with E-state index >= 15 is 0 Å². The second-order valence-electron chi connectivity index (χ2n) is 5.26. The number of hydrogen-bond acceptors (Lipinski definition) is 4. The molecule has 2 fully saturated rings. The van der Waals surface area contributed by atoms with Gasteiger partial charge in [-0.05, 0) is 38.8 Å². The lowest BCUT2D eigenvalue weighted by Crippen LogP contribution is -2.41. The van der Waals surface area contributed by atoms with Crippen LogP contribution in [0.4, 0.5) is 0 Å². The molecule has 4 nitrogen and oxygen atoms in total. The topological polar surface area (TPSA) is 52.6 Å². The molecular formula is C12H14O4. The van der Waals surface area contributed by atoms with Gasteiger partial charge in [-0.15, -0.1) is 0 Å². The van der Waals surface area contributed by atoms with Gasteiger partial charge in [0.2, 0.25) is 0 Å². The number of fused-ring (bicyclic) bond motifs is 5. The normalized spacial score (nSPS) is 50.0. The highest BCUT2D eigenvalue weighted by molar-refractivity contribution is 6.00. The van der Waals surface area contributed by atoms with Gasteiger partial charge >= 0.3 is 11.9 Å². The largest absolute Gasteiger partial charge is 0.393 e. The molecule has 2 unspecified atom stereocenters. The lowest BCUT2D eigenvalue weighted by molar-refractivity contribution is -0.160. The Morgan fingerprint density at radius 1 is 0.938 bits per heavy atom. The van der Waals surface area contributed by atoms with Crippen molar-refractivity contribution in [3.63, 3.8) is 0 Å². The van der Waals surface area contributed by atoms with Crippen LogP contribution in [0.1, 0.15) is 27.7 Å². The van der Waals surface area contributed by atoms with Gasteiger partial charge in [-0.2, -0.15) is 0 Å². The molecule has 16 heavy (non-hydrogen) atoms. The Balaban J connectivity index is 2.25. The van der Waals surface area contributed by atoms with E-state index < -0.39 is 35.0 Å². The molecule has 3 heterocycles. The maximum atomic E-state index is 11.7. The zero-order valence-corrected chi connectivity index (χ0v) is 9.79. The smallest absolute Gasteiger partial charge is 0.320 e. The van der Waals surface area contributed by atoms with Crippen LogP contribution in [-0.2, 0) is 19.1 Å². The molecule has 0 aliphatic carbocycles. The second-order valence-corrected chi connectivity index (χ2v) is 5.26. The molecule has 86 valence electrons. The van der Waals surface area contributed by atoms with Gasteiger partial charge in [0.05, 0.1) is 0 Å². The lowest BCUT2D eigenvalue weighted by atomic mass is 9.66. The first-order valence-electron chi connectivity index (χ1n) is 5.46. The van der Waals surface area contributed by atoms with E-state index in [1.165, 1.54) is 0 Å². The predicted molar refractivity (Wildman–Crippen MR) is 54.3 cm³/mol. The molecule has 0 amide bonds. The highest BCUT2D eigenvalue weighted by Gasteiger charge is 2.73. The van der Waals surface area contributed by atoms with E-state index in [1.807, 2.05) is 27.7 Å². The van der Waals surface area contributed by atoms with Crippen LogP contribution >= 0.6 is 0 Å². The molecule has 3 rings (SSSR count). The number of ether oxygens (including phenoxy) is 2. The lowest BCUT2D eigenvalue weighted by Gasteiger charge is -2.29. The molecule has 0 spiro atoms. The van der Waals surface area contributed by atoms with Gasteiger partial charge in [-0.3, -0.25) is 9.59 Å². The first-order chi connectivity index (χ1) is 7.32. The molecule has 0 aromatic carbocycles. The Morgan fingerprint density at radius 3 is 1.69 bits per heavy atom. The maximum Gasteiger partial charge on any atom is 0.320 e. The van der Waals surface area contributed by atoms with Gasteiger partial charge in [0.1, 0.15) is 23.0 Å². The summed E-state index contributed by atoms with van der Waals surface area (Å²) >= 11 is 0. The van der Waals surface area contributed by atoms with Crippen molar-refractivity contribution in [2.45, 2.75) is 38.9 Å².